The molecule has 0 unspecified atom stereocenters. The molecule has 2 aliphatic rings. The number of fused-ring (bicyclic) bond motifs is 4. The van der Waals surface area contributed by atoms with Gasteiger partial charge >= 0.3 is 24.7 Å². The van der Waals surface area contributed by atoms with Gasteiger partial charge in [-0.05, 0) is 113 Å². The lowest BCUT2D eigenvalue weighted by Crippen LogP contribution is -2.32. The number of nitrogens with zero attached hydrogens (tertiary/aromatic N) is 2. The van der Waals surface area contributed by atoms with Crippen molar-refractivity contribution < 1.29 is 52.7 Å². The molecule has 14 heteroatoms. The van der Waals surface area contributed by atoms with Gasteiger partial charge in [0.25, 0.3) is 0 Å². The SMILES string of the molecule is CC1(C)c2cc(C(F)(F)F)ccc2N(c2cccc(N3c4ccc(C(F)(F)F)cc4C(C)(C)c4cc(C(F)(F)F)ccc43)c2)c2ccc(C(F)(F)F)cc21. The number of benzene rings is 5. The van der Waals surface area contributed by atoms with Crippen molar-refractivity contribution in [1.29, 1.82) is 0 Å². The fourth-order valence-corrected chi connectivity index (χ4v) is 7.51. The van der Waals surface area contributed by atoms with Gasteiger partial charge in [0.2, 0.25) is 0 Å². The van der Waals surface area contributed by atoms with E-state index in [2.05, 4.69) is 0 Å². The van der Waals surface area contributed by atoms with Gasteiger partial charge in [-0.25, -0.2) is 0 Å². The highest BCUT2D eigenvalue weighted by atomic mass is 19.4. The molecule has 2 aliphatic heterocycles. The summed E-state index contributed by atoms with van der Waals surface area (Å²) in [6, 6.07) is 18.1. The second-order valence-electron chi connectivity index (χ2n) is 14.4. The van der Waals surface area contributed by atoms with Crippen LogP contribution < -0.4 is 9.80 Å². The summed E-state index contributed by atoms with van der Waals surface area (Å²) in [6.45, 7) is 6.08. The van der Waals surface area contributed by atoms with Crippen LogP contribution in [0.3, 0.4) is 0 Å². The molecule has 0 aromatic heterocycles. The average molecular weight is 765 g/mol. The van der Waals surface area contributed by atoms with E-state index in [1.165, 1.54) is 73.9 Å². The Bertz CT molecular complexity index is 2020. The Morgan fingerprint density at radius 2 is 0.593 bits per heavy atom. The van der Waals surface area contributed by atoms with Crippen LogP contribution in [0.2, 0.25) is 0 Å². The van der Waals surface area contributed by atoms with Crippen molar-refractivity contribution in [1.82, 2.24) is 0 Å². The Morgan fingerprint density at radius 3 is 0.815 bits per heavy atom. The van der Waals surface area contributed by atoms with E-state index in [-0.39, 0.29) is 56.4 Å². The molecule has 2 heterocycles. The molecule has 0 atom stereocenters. The molecule has 0 fully saturated rings. The number of halogens is 12. The molecule has 0 aliphatic carbocycles. The van der Waals surface area contributed by atoms with Crippen molar-refractivity contribution in [2.24, 2.45) is 0 Å². The lowest BCUT2D eigenvalue weighted by Gasteiger charge is -2.44. The quantitative estimate of drug-likeness (QED) is 0.165. The van der Waals surface area contributed by atoms with Crippen molar-refractivity contribution >= 4 is 34.1 Å². The van der Waals surface area contributed by atoms with Gasteiger partial charge in [-0.2, -0.15) is 52.7 Å². The maximum Gasteiger partial charge on any atom is 0.416 e. The molecule has 0 bridgehead atoms. The highest BCUT2D eigenvalue weighted by Gasteiger charge is 2.44. The van der Waals surface area contributed by atoms with Gasteiger partial charge in [0.05, 0.1) is 45.0 Å². The summed E-state index contributed by atoms with van der Waals surface area (Å²) in [5, 5.41) is 0. The Labute approximate surface area is 301 Å². The molecule has 282 valence electrons. The summed E-state index contributed by atoms with van der Waals surface area (Å²) >= 11 is 0. The molecule has 0 N–H and O–H groups in total. The molecule has 7 rings (SSSR count). The van der Waals surface area contributed by atoms with Crippen molar-refractivity contribution in [2.75, 3.05) is 9.80 Å². The van der Waals surface area contributed by atoms with Crippen molar-refractivity contribution in [3.05, 3.63) is 142 Å². The maximum atomic E-state index is 14.0. The van der Waals surface area contributed by atoms with E-state index in [1.807, 2.05) is 0 Å². The Morgan fingerprint density at radius 1 is 0.352 bits per heavy atom. The van der Waals surface area contributed by atoms with Crippen LogP contribution in [0.4, 0.5) is 86.8 Å². The smallest absolute Gasteiger partial charge is 0.310 e. The highest BCUT2D eigenvalue weighted by molar-refractivity contribution is 5.91. The molecule has 54 heavy (non-hydrogen) atoms. The molecule has 2 nitrogen and oxygen atoms in total. The first-order chi connectivity index (χ1) is 24.8. The minimum Gasteiger partial charge on any atom is -0.310 e. The van der Waals surface area contributed by atoms with Crippen LogP contribution in [-0.2, 0) is 35.5 Å². The summed E-state index contributed by atoms with van der Waals surface area (Å²) in [5.74, 6) is 0. The minimum atomic E-state index is -4.77. The van der Waals surface area contributed by atoms with Crippen LogP contribution in [0, 0.1) is 0 Å². The van der Waals surface area contributed by atoms with E-state index < -0.39 is 57.8 Å². The zero-order valence-corrected chi connectivity index (χ0v) is 28.7. The minimum absolute atomic E-state index is 0.0735. The molecule has 0 saturated heterocycles. The van der Waals surface area contributed by atoms with Crippen LogP contribution in [0.5, 0.6) is 0 Å². The zero-order valence-electron chi connectivity index (χ0n) is 28.7. The molecule has 0 amide bonds. The van der Waals surface area contributed by atoms with E-state index in [9.17, 15) is 52.7 Å². The van der Waals surface area contributed by atoms with Crippen LogP contribution in [-0.4, -0.2) is 0 Å². The fraction of sp³-hybridized carbons (Fsp3) is 0.250. The molecular weight excluding hydrogens is 736 g/mol. The number of rotatable bonds is 2. The van der Waals surface area contributed by atoms with Gasteiger partial charge in [-0.3, -0.25) is 0 Å². The van der Waals surface area contributed by atoms with E-state index in [4.69, 9.17) is 0 Å². The normalized spacial score (nSPS) is 16.4. The molecule has 0 radical (unpaired) electrons. The summed E-state index contributed by atoms with van der Waals surface area (Å²) < 4.78 is 168. The van der Waals surface area contributed by atoms with Gasteiger partial charge in [0.1, 0.15) is 0 Å². The first kappa shape index (κ1) is 37.2. The Kier molecular flexibility index (Phi) is 8.04. The van der Waals surface area contributed by atoms with E-state index >= 15 is 0 Å². The van der Waals surface area contributed by atoms with Gasteiger partial charge < -0.3 is 9.80 Å². The number of hydrogen-bond donors (Lipinski definition) is 0. The molecule has 5 aromatic carbocycles. The summed E-state index contributed by atoms with van der Waals surface area (Å²) in [5.41, 5.74) is -5.09. The first-order valence-electron chi connectivity index (χ1n) is 16.4. The molecule has 0 saturated carbocycles. The molecular formula is C40H28F12N2. The van der Waals surface area contributed by atoms with Crippen LogP contribution in [0.15, 0.2) is 97.1 Å². The Balaban J connectivity index is 1.48. The van der Waals surface area contributed by atoms with Gasteiger partial charge in [0.15, 0.2) is 0 Å². The maximum absolute atomic E-state index is 14.0. The standard InChI is InChI=1S/C40H28F12N2/c1-35(2)27-16-21(37(41,42)43)8-12-31(27)53(32-13-9-22(17-28(32)35)38(44,45)46)25-6-5-7-26(20-25)54-33-14-10-23(39(47,48)49)18-29(33)36(3,4)30-19-24(40(50,51)52)11-15-34(30)54/h5-20H,1-4H3. The van der Waals surface area contributed by atoms with E-state index in [0.717, 1.165) is 48.5 Å². The van der Waals surface area contributed by atoms with Crippen LogP contribution in [0.1, 0.15) is 72.2 Å². The number of hydrogen-bond acceptors (Lipinski definition) is 2. The number of anilines is 6. The summed E-state index contributed by atoms with van der Waals surface area (Å²) in [6.07, 6.45) is -19.1. The Hall–Kier alpha value is -5.14. The average Bonchev–Trinajstić information content (AvgIpc) is 3.06. The predicted molar refractivity (Wildman–Crippen MR) is 180 cm³/mol. The van der Waals surface area contributed by atoms with E-state index in [1.54, 1.807) is 12.1 Å². The summed E-state index contributed by atoms with van der Waals surface area (Å²) in [4.78, 5) is 2.99. The third kappa shape index (κ3) is 5.94. The van der Waals surface area contributed by atoms with Crippen molar-refractivity contribution in [3.63, 3.8) is 0 Å². The highest BCUT2D eigenvalue weighted by Crippen LogP contribution is 2.57. The monoisotopic (exact) mass is 764 g/mol. The number of alkyl halides is 12. The van der Waals surface area contributed by atoms with Gasteiger partial charge in [-0.1, -0.05) is 33.8 Å². The molecule has 0 spiro atoms. The predicted octanol–water partition coefficient (Wildman–Crippen LogP) is 14.0. The lowest BCUT2D eigenvalue weighted by molar-refractivity contribution is -0.138. The third-order valence-electron chi connectivity index (χ3n) is 10.3. The molecule has 5 aromatic rings. The van der Waals surface area contributed by atoms with Crippen molar-refractivity contribution in [2.45, 2.75) is 63.2 Å². The lowest BCUT2D eigenvalue weighted by atomic mass is 9.72. The third-order valence-corrected chi connectivity index (χ3v) is 10.3. The van der Waals surface area contributed by atoms with E-state index in [0.29, 0.717) is 0 Å². The van der Waals surface area contributed by atoms with Gasteiger partial charge in [-0.15, -0.1) is 0 Å². The van der Waals surface area contributed by atoms with Gasteiger partial charge in [0, 0.05) is 22.2 Å². The second kappa shape index (κ2) is 11.7. The first-order valence-corrected chi connectivity index (χ1v) is 16.4. The fourth-order valence-electron chi connectivity index (χ4n) is 7.51. The topological polar surface area (TPSA) is 6.48 Å². The zero-order chi connectivity index (χ0) is 39.6. The summed E-state index contributed by atoms with van der Waals surface area (Å²) in [7, 11) is 0. The largest absolute Gasteiger partial charge is 0.416 e. The van der Waals surface area contributed by atoms with Crippen LogP contribution >= 0.6 is 0 Å². The van der Waals surface area contributed by atoms with Crippen molar-refractivity contribution in [3.8, 4) is 0 Å². The van der Waals surface area contributed by atoms with Crippen LogP contribution in [0.25, 0.3) is 0 Å². The second-order valence-corrected chi connectivity index (χ2v) is 14.4.